The Morgan fingerprint density at radius 3 is 2.73 bits per heavy atom. The summed E-state index contributed by atoms with van der Waals surface area (Å²) in [5.74, 6) is 1.97. The van der Waals surface area contributed by atoms with Crippen LogP contribution in [0.4, 0.5) is 0 Å². The third-order valence-corrected chi connectivity index (χ3v) is 3.88. The molecule has 1 aliphatic heterocycles. The largest absolute Gasteiger partial charge is 0.497 e. The lowest BCUT2D eigenvalue weighted by Gasteiger charge is -2.35. The minimum atomic E-state index is 0.236. The fraction of sp³-hybridized carbons (Fsp3) is 0.500. The summed E-state index contributed by atoms with van der Waals surface area (Å²) in [6.45, 7) is 6.49. The molecule has 1 aliphatic rings. The number of methoxy groups -OCH3 is 1. The van der Waals surface area contributed by atoms with Gasteiger partial charge in [-0.05, 0) is 38.1 Å². The van der Waals surface area contributed by atoms with E-state index >= 15 is 0 Å². The van der Waals surface area contributed by atoms with Crippen LogP contribution in [-0.4, -0.2) is 47.5 Å². The van der Waals surface area contributed by atoms with Gasteiger partial charge in [0, 0.05) is 18.2 Å². The maximum absolute atomic E-state index is 5.78. The third-order valence-electron chi connectivity index (χ3n) is 3.88. The van der Waals surface area contributed by atoms with Crippen LogP contribution in [0.25, 0.3) is 11.5 Å². The van der Waals surface area contributed by atoms with Gasteiger partial charge in [-0.2, -0.15) is 0 Å². The molecule has 0 amide bonds. The Bertz CT molecular complexity index is 611. The molecule has 6 heteroatoms. The Morgan fingerprint density at radius 2 is 2.00 bits per heavy atom. The first-order valence-electron chi connectivity index (χ1n) is 7.48. The number of hydrogen-bond donors (Lipinski definition) is 0. The molecule has 0 bridgehead atoms. The third kappa shape index (κ3) is 3.28. The monoisotopic (exact) mass is 303 g/mol. The number of morpholine rings is 1. The molecule has 2 aromatic rings. The molecule has 0 spiro atoms. The van der Waals surface area contributed by atoms with E-state index in [0.717, 1.165) is 24.5 Å². The predicted molar refractivity (Wildman–Crippen MR) is 81.6 cm³/mol. The Balaban J connectivity index is 1.70. The van der Waals surface area contributed by atoms with E-state index in [0.29, 0.717) is 24.4 Å². The van der Waals surface area contributed by atoms with Crippen LogP contribution in [0, 0.1) is 0 Å². The Kier molecular flexibility index (Phi) is 4.40. The second-order valence-corrected chi connectivity index (χ2v) is 5.65. The highest BCUT2D eigenvalue weighted by Gasteiger charge is 2.25. The fourth-order valence-electron chi connectivity index (χ4n) is 2.53. The number of hydrogen-bond acceptors (Lipinski definition) is 6. The maximum atomic E-state index is 5.78. The van der Waals surface area contributed by atoms with Gasteiger partial charge < -0.3 is 13.9 Å². The first-order chi connectivity index (χ1) is 10.7. The van der Waals surface area contributed by atoms with E-state index in [1.54, 1.807) is 7.11 Å². The lowest BCUT2D eigenvalue weighted by molar-refractivity contribution is -0.0550. The minimum absolute atomic E-state index is 0.236. The van der Waals surface area contributed by atoms with Gasteiger partial charge in [-0.15, -0.1) is 10.2 Å². The van der Waals surface area contributed by atoms with E-state index in [1.807, 2.05) is 24.3 Å². The molecule has 0 saturated carbocycles. The highest BCUT2D eigenvalue weighted by Crippen LogP contribution is 2.22. The summed E-state index contributed by atoms with van der Waals surface area (Å²) in [6, 6.07) is 7.94. The summed E-state index contributed by atoms with van der Waals surface area (Å²) in [5, 5.41) is 8.29. The normalized spacial score (nSPS) is 22.7. The lowest BCUT2D eigenvalue weighted by Crippen LogP contribution is -2.46. The van der Waals surface area contributed by atoms with E-state index < -0.39 is 0 Å². The van der Waals surface area contributed by atoms with E-state index in [2.05, 4.69) is 28.9 Å². The van der Waals surface area contributed by atoms with Crippen LogP contribution in [0.1, 0.15) is 19.7 Å². The molecule has 2 heterocycles. The standard InChI is InChI=1S/C16H21N3O3/c1-11-10-21-12(2)8-19(11)9-15-17-18-16(22-15)13-4-6-14(20-3)7-5-13/h4-7,11-12H,8-10H2,1-3H3/t11-,12+/m1/s1. The van der Waals surface area contributed by atoms with Crippen molar-refractivity contribution in [3.63, 3.8) is 0 Å². The van der Waals surface area contributed by atoms with E-state index in [1.165, 1.54) is 0 Å². The fourth-order valence-corrected chi connectivity index (χ4v) is 2.53. The summed E-state index contributed by atoms with van der Waals surface area (Å²) >= 11 is 0. The average Bonchev–Trinajstić information content (AvgIpc) is 2.99. The molecule has 1 fully saturated rings. The molecular formula is C16H21N3O3. The highest BCUT2D eigenvalue weighted by atomic mass is 16.5. The quantitative estimate of drug-likeness (QED) is 0.864. The van der Waals surface area contributed by atoms with Crippen LogP contribution in [0.2, 0.25) is 0 Å². The predicted octanol–water partition coefficient (Wildman–Crippen LogP) is 2.35. The van der Waals surface area contributed by atoms with Gasteiger partial charge in [0.15, 0.2) is 0 Å². The van der Waals surface area contributed by atoms with E-state index in [9.17, 15) is 0 Å². The second-order valence-electron chi connectivity index (χ2n) is 5.65. The molecule has 1 saturated heterocycles. The van der Waals surface area contributed by atoms with Crippen LogP contribution >= 0.6 is 0 Å². The van der Waals surface area contributed by atoms with Crippen molar-refractivity contribution in [3.05, 3.63) is 30.2 Å². The molecule has 22 heavy (non-hydrogen) atoms. The molecule has 0 N–H and O–H groups in total. The zero-order valence-corrected chi connectivity index (χ0v) is 13.2. The molecule has 6 nitrogen and oxygen atoms in total. The number of nitrogens with zero attached hydrogens (tertiary/aromatic N) is 3. The summed E-state index contributed by atoms with van der Waals surface area (Å²) in [5.41, 5.74) is 0.892. The number of benzene rings is 1. The Hall–Kier alpha value is -1.92. The van der Waals surface area contributed by atoms with Crippen molar-refractivity contribution in [3.8, 4) is 17.2 Å². The molecule has 2 atom stereocenters. The van der Waals surface area contributed by atoms with Gasteiger partial charge in [-0.1, -0.05) is 0 Å². The molecule has 0 radical (unpaired) electrons. The smallest absolute Gasteiger partial charge is 0.247 e. The van der Waals surface area contributed by atoms with Gasteiger partial charge in [0.05, 0.1) is 26.4 Å². The number of aromatic nitrogens is 2. The summed E-state index contributed by atoms with van der Waals surface area (Å²) in [7, 11) is 1.64. The van der Waals surface area contributed by atoms with Crippen molar-refractivity contribution in [2.75, 3.05) is 20.3 Å². The first kappa shape index (κ1) is 15.0. The van der Waals surface area contributed by atoms with Crippen LogP contribution in [0.5, 0.6) is 5.75 Å². The van der Waals surface area contributed by atoms with Crippen molar-refractivity contribution in [1.82, 2.24) is 15.1 Å². The van der Waals surface area contributed by atoms with Crippen molar-refractivity contribution in [2.24, 2.45) is 0 Å². The van der Waals surface area contributed by atoms with Gasteiger partial charge >= 0.3 is 0 Å². The molecule has 1 aromatic carbocycles. The number of rotatable bonds is 4. The van der Waals surface area contributed by atoms with Crippen molar-refractivity contribution in [1.29, 1.82) is 0 Å². The molecule has 118 valence electrons. The SMILES string of the molecule is COc1ccc(-c2nnc(CN3C[C@H](C)OC[C@H]3C)o2)cc1. The van der Waals surface area contributed by atoms with Gasteiger partial charge in [0.2, 0.25) is 11.8 Å². The zero-order chi connectivity index (χ0) is 15.5. The van der Waals surface area contributed by atoms with Crippen molar-refractivity contribution in [2.45, 2.75) is 32.5 Å². The summed E-state index contributed by atoms with van der Waals surface area (Å²) in [4.78, 5) is 2.31. The summed E-state index contributed by atoms with van der Waals surface area (Å²) < 4.78 is 16.6. The van der Waals surface area contributed by atoms with Crippen molar-refractivity contribution < 1.29 is 13.9 Å². The number of ether oxygens (including phenoxy) is 2. The second kappa shape index (κ2) is 6.46. The molecule has 0 unspecified atom stereocenters. The Morgan fingerprint density at radius 1 is 1.23 bits per heavy atom. The topological polar surface area (TPSA) is 60.6 Å². The van der Waals surface area contributed by atoms with Crippen molar-refractivity contribution >= 4 is 0 Å². The minimum Gasteiger partial charge on any atom is -0.497 e. The van der Waals surface area contributed by atoms with Crippen LogP contribution < -0.4 is 4.74 Å². The Labute approximate surface area is 130 Å². The first-order valence-corrected chi connectivity index (χ1v) is 7.48. The van der Waals surface area contributed by atoms with Crippen LogP contribution in [0.3, 0.4) is 0 Å². The lowest BCUT2D eigenvalue weighted by atomic mass is 10.2. The molecule has 3 rings (SSSR count). The molecule has 1 aromatic heterocycles. The van der Waals surface area contributed by atoms with E-state index in [4.69, 9.17) is 13.9 Å². The zero-order valence-electron chi connectivity index (χ0n) is 13.2. The van der Waals surface area contributed by atoms with Crippen LogP contribution in [0.15, 0.2) is 28.7 Å². The summed E-state index contributed by atoms with van der Waals surface area (Å²) in [6.07, 6.45) is 0.236. The molecular weight excluding hydrogens is 282 g/mol. The van der Waals surface area contributed by atoms with Crippen LogP contribution in [-0.2, 0) is 11.3 Å². The highest BCUT2D eigenvalue weighted by molar-refractivity contribution is 5.53. The van der Waals surface area contributed by atoms with E-state index in [-0.39, 0.29) is 6.10 Å². The van der Waals surface area contributed by atoms with Gasteiger partial charge in [-0.25, -0.2) is 0 Å². The molecule has 0 aliphatic carbocycles. The van der Waals surface area contributed by atoms with Gasteiger partial charge in [0.25, 0.3) is 0 Å². The van der Waals surface area contributed by atoms with Gasteiger partial charge in [-0.3, -0.25) is 4.90 Å². The average molecular weight is 303 g/mol. The van der Waals surface area contributed by atoms with Gasteiger partial charge in [0.1, 0.15) is 5.75 Å². The maximum Gasteiger partial charge on any atom is 0.247 e.